The van der Waals surface area contributed by atoms with Crippen LogP contribution in [0.15, 0.2) is 24.3 Å². The molecule has 0 bridgehead atoms. The summed E-state index contributed by atoms with van der Waals surface area (Å²) in [6.07, 6.45) is 0. The second-order valence-corrected chi connectivity index (χ2v) is 2.80. The molecule has 0 saturated carbocycles. The van der Waals surface area contributed by atoms with Gasteiger partial charge in [-0.3, -0.25) is 0 Å². The first-order chi connectivity index (χ1) is 4.86. The molecule has 2 nitrogen and oxygen atoms in total. The maximum absolute atomic E-state index is 10.4. The van der Waals surface area contributed by atoms with Gasteiger partial charge >= 0.3 is 0 Å². The Bertz CT molecular complexity index is 235. The van der Waals surface area contributed by atoms with Crippen molar-refractivity contribution in [3.05, 3.63) is 24.3 Å². The van der Waals surface area contributed by atoms with Crippen molar-refractivity contribution in [2.24, 2.45) is 0 Å². The molecular formula is C7H9O2P. The van der Waals surface area contributed by atoms with E-state index < -0.39 is 8.46 Å². The van der Waals surface area contributed by atoms with Crippen LogP contribution in [0.1, 0.15) is 0 Å². The van der Waals surface area contributed by atoms with Crippen LogP contribution in [-0.4, -0.2) is 7.11 Å². The maximum atomic E-state index is 10.4. The number of benzene rings is 1. The second-order valence-electron chi connectivity index (χ2n) is 1.89. The molecule has 54 valence electrons. The highest BCUT2D eigenvalue weighted by Crippen LogP contribution is 2.08. The van der Waals surface area contributed by atoms with Crippen molar-refractivity contribution in [1.82, 2.24) is 0 Å². The molecule has 1 aromatic rings. The fourth-order valence-electron chi connectivity index (χ4n) is 0.715. The standard InChI is InChI=1S/C7H9O2P/c1-9-6-3-2-4-7(5-6)10-8/h2-5H,10H2,1H3. The lowest BCUT2D eigenvalue weighted by Crippen LogP contribution is -1.91. The summed E-state index contributed by atoms with van der Waals surface area (Å²) in [7, 11) is 0.761. The van der Waals surface area contributed by atoms with E-state index in [4.69, 9.17) is 4.74 Å². The van der Waals surface area contributed by atoms with Crippen molar-refractivity contribution in [2.75, 3.05) is 7.11 Å². The highest BCUT2D eigenvalue weighted by atomic mass is 31.1. The minimum absolute atomic E-state index is 0.765. The molecule has 1 aromatic carbocycles. The molecule has 0 heterocycles. The van der Waals surface area contributed by atoms with Crippen LogP contribution in [0.5, 0.6) is 5.75 Å². The third-order valence-electron chi connectivity index (χ3n) is 1.23. The molecule has 10 heavy (non-hydrogen) atoms. The largest absolute Gasteiger partial charge is 0.497 e. The summed E-state index contributed by atoms with van der Waals surface area (Å²) in [5, 5.41) is 0.847. The molecule has 0 saturated heterocycles. The lowest BCUT2D eigenvalue weighted by molar-refractivity contribution is 0.415. The zero-order valence-corrected chi connectivity index (χ0v) is 6.86. The van der Waals surface area contributed by atoms with E-state index in [1.807, 2.05) is 18.2 Å². The number of hydrogen-bond acceptors (Lipinski definition) is 2. The molecule has 0 amide bonds. The smallest absolute Gasteiger partial charge is 0.119 e. The molecule has 0 aliphatic heterocycles. The fraction of sp³-hybridized carbons (Fsp3) is 0.143. The van der Waals surface area contributed by atoms with Gasteiger partial charge in [0.2, 0.25) is 0 Å². The van der Waals surface area contributed by atoms with Crippen LogP contribution in [0, 0.1) is 0 Å². The van der Waals surface area contributed by atoms with Gasteiger partial charge in [0.05, 0.1) is 15.6 Å². The van der Waals surface area contributed by atoms with Gasteiger partial charge in [-0.25, -0.2) is 0 Å². The molecule has 0 aromatic heterocycles. The average molecular weight is 156 g/mol. The van der Waals surface area contributed by atoms with E-state index in [1.165, 1.54) is 0 Å². The molecule has 1 unspecified atom stereocenters. The number of methoxy groups -OCH3 is 1. The lowest BCUT2D eigenvalue weighted by atomic mass is 10.3. The molecule has 0 fully saturated rings. The van der Waals surface area contributed by atoms with Crippen LogP contribution in [0.3, 0.4) is 0 Å². The van der Waals surface area contributed by atoms with E-state index in [0.29, 0.717) is 0 Å². The van der Waals surface area contributed by atoms with Crippen LogP contribution >= 0.6 is 8.46 Å². The quantitative estimate of drug-likeness (QED) is 0.599. The SMILES string of the molecule is COc1cccc([PH2]=O)c1. The van der Waals surface area contributed by atoms with E-state index >= 15 is 0 Å². The predicted molar refractivity (Wildman–Crippen MR) is 43.0 cm³/mol. The van der Waals surface area contributed by atoms with Gasteiger partial charge < -0.3 is 9.30 Å². The van der Waals surface area contributed by atoms with Gasteiger partial charge in [-0.2, -0.15) is 0 Å². The summed E-state index contributed by atoms with van der Waals surface area (Å²) in [6, 6.07) is 7.27. The van der Waals surface area contributed by atoms with Crippen molar-refractivity contribution in [1.29, 1.82) is 0 Å². The average Bonchev–Trinajstić information content (AvgIpc) is 2.05. The third kappa shape index (κ3) is 1.61. The fourth-order valence-corrected chi connectivity index (χ4v) is 1.14. The van der Waals surface area contributed by atoms with Crippen molar-refractivity contribution < 1.29 is 9.30 Å². The van der Waals surface area contributed by atoms with Crippen LogP contribution in [0.25, 0.3) is 0 Å². The van der Waals surface area contributed by atoms with E-state index in [-0.39, 0.29) is 0 Å². The van der Waals surface area contributed by atoms with Crippen molar-refractivity contribution >= 4 is 13.8 Å². The number of ether oxygens (including phenoxy) is 1. The third-order valence-corrected chi connectivity index (χ3v) is 1.86. The summed E-state index contributed by atoms with van der Waals surface area (Å²) in [5.74, 6) is 0.765. The highest BCUT2D eigenvalue weighted by Gasteiger charge is 1.90. The van der Waals surface area contributed by atoms with Gasteiger partial charge in [0.15, 0.2) is 0 Å². The topological polar surface area (TPSA) is 26.3 Å². The van der Waals surface area contributed by atoms with Gasteiger partial charge in [-0.15, -0.1) is 0 Å². The van der Waals surface area contributed by atoms with E-state index in [1.54, 1.807) is 13.2 Å². The van der Waals surface area contributed by atoms with Crippen molar-refractivity contribution in [2.45, 2.75) is 0 Å². The van der Waals surface area contributed by atoms with Crippen LogP contribution < -0.4 is 10.0 Å². The highest BCUT2D eigenvalue weighted by molar-refractivity contribution is 7.34. The zero-order chi connectivity index (χ0) is 7.40. The Morgan fingerprint density at radius 3 is 2.90 bits per heavy atom. The van der Waals surface area contributed by atoms with Gasteiger partial charge in [0, 0.05) is 5.30 Å². The Labute approximate surface area is 61.0 Å². The summed E-state index contributed by atoms with van der Waals surface area (Å²) >= 11 is 0. The molecule has 3 heteroatoms. The summed E-state index contributed by atoms with van der Waals surface area (Å²) in [6.45, 7) is 0. The Morgan fingerprint density at radius 2 is 2.30 bits per heavy atom. The van der Waals surface area contributed by atoms with E-state index in [9.17, 15) is 4.57 Å². The van der Waals surface area contributed by atoms with Crippen LogP contribution in [0.2, 0.25) is 0 Å². The van der Waals surface area contributed by atoms with Gasteiger partial charge in [0.1, 0.15) is 5.75 Å². The Hall–Kier alpha value is -0.750. The first-order valence-electron chi connectivity index (χ1n) is 2.96. The lowest BCUT2D eigenvalue weighted by Gasteiger charge is -1.97. The van der Waals surface area contributed by atoms with Gasteiger partial charge in [-0.05, 0) is 12.1 Å². The Balaban J connectivity index is 2.98. The molecule has 1 rings (SSSR count). The molecule has 1 atom stereocenters. The Kier molecular flexibility index (Phi) is 2.52. The Morgan fingerprint density at radius 1 is 1.50 bits per heavy atom. The van der Waals surface area contributed by atoms with Gasteiger partial charge in [0.25, 0.3) is 0 Å². The normalized spacial score (nSPS) is 10.5. The van der Waals surface area contributed by atoms with Crippen LogP contribution in [-0.2, 0) is 4.57 Å². The first-order valence-corrected chi connectivity index (χ1v) is 4.01. The number of rotatable bonds is 2. The number of hydrogen-bond donors (Lipinski definition) is 0. The van der Waals surface area contributed by atoms with Gasteiger partial charge in [-0.1, -0.05) is 12.1 Å². The predicted octanol–water partition coefficient (Wildman–Crippen LogP) is 1.08. The minimum atomic E-state index is -0.835. The first kappa shape index (κ1) is 7.36. The molecule has 0 aliphatic carbocycles. The second kappa shape index (κ2) is 3.43. The van der Waals surface area contributed by atoms with Crippen molar-refractivity contribution in [3.63, 3.8) is 0 Å². The molecule has 0 aliphatic rings. The molecule has 0 spiro atoms. The maximum Gasteiger partial charge on any atom is 0.119 e. The zero-order valence-electron chi connectivity index (χ0n) is 5.70. The van der Waals surface area contributed by atoms with E-state index in [2.05, 4.69) is 0 Å². The van der Waals surface area contributed by atoms with Crippen LogP contribution in [0.4, 0.5) is 0 Å². The molecule has 0 N–H and O–H groups in total. The molecule has 0 radical (unpaired) electrons. The summed E-state index contributed by atoms with van der Waals surface area (Å²) < 4.78 is 15.4. The van der Waals surface area contributed by atoms with Crippen molar-refractivity contribution in [3.8, 4) is 5.75 Å². The summed E-state index contributed by atoms with van der Waals surface area (Å²) in [4.78, 5) is 0. The minimum Gasteiger partial charge on any atom is -0.497 e. The monoisotopic (exact) mass is 156 g/mol. The van der Waals surface area contributed by atoms with E-state index in [0.717, 1.165) is 11.1 Å². The molecular weight excluding hydrogens is 147 g/mol. The summed E-state index contributed by atoms with van der Waals surface area (Å²) in [5.41, 5.74) is 0.